The summed E-state index contributed by atoms with van der Waals surface area (Å²) in [6.07, 6.45) is -3.43. The molecule has 0 spiro atoms. The Bertz CT molecular complexity index is 1110. The molecule has 0 saturated carbocycles. The van der Waals surface area contributed by atoms with Crippen LogP contribution in [0, 0.1) is 0 Å². The smallest absolute Gasteiger partial charge is 0.473 e. The van der Waals surface area contributed by atoms with Crippen molar-refractivity contribution in [3.63, 3.8) is 0 Å². The maximum absolute atomic E-state index is 13.7. The van der Waals surface area contributed by atoms with Crippen LogP contribution in [0.4, 0.5) is 13.2 Å². The van der Waals surface area contributed by atoms with Crippen molar-refractivity contribution in [3.05, 3.63) is 71.7 Å². The molecule has 0 aromatic heterocycles. The maximum Gasteiger partial charge on any atom is 0.573 e. The number of carbonyl (C=O) groups is 2. The lowest BCUT2D eigenvalue weighted by Gasteiger charge is -2.32. The molecule has 226 valence electrons. The van der Waals surface area contributed by atoms with Crippen molar-refractivity contribution >= 4 is 19.0 Å². The van der Waals surface area contributed by atoms with Gasteiger partial charge in [0.05, 0.1) is 0 Å². The molecule has 9 nitrogen and oxygen atoms in total. The van der Waals surface area contributed by atoms with Crippen molar-refractivity contribution in [1.82, 2.24) is 14.7 Å². The van der Waals surface area contributed by atoms with E-state index in [4.69, 9.17) is 4.74 Å². The van der Waals surface area contributed by atoms with Crippen LogP contribution in [0.5, 0.6) is 11.5 Å². The summed E-state index contributed by atoms with van der Waals surface area (Å²) in [4.78, 5) is 33.9. The molecule has 0 aliphatic carbocycles. The summed E-state index contributed by atoms with van der Waals surface area (Å²) in [6.45, 7) is 9.61. The van der Waals surface area contributed by atoms with E-state index in [1.54, 1.807) is 7.05 Å². The first kappa shape index (κ1) is 35.0. The van der Waals surface area contributed by atoms with Crippen LogP contribution >= 0.6 is 0 Å². The number of aliphatic hydroxyl groups excluding tert-OH is 1. The topological polar surface area (TPSA) is 94.9 Å². The molecule has 12 heteroatoms. The summed E-state index contributed by atoms with van der Waals surface area (Å²) in [6, 6.07) is 14.1. The molecular formula is C29H39F3N4O5. The van der Waals surface area contributed by atoms with Crippen LogP contribution in [0.15, 0.2) is 71.1 Å². The Morgan fingerprint density at radius 3 is 2.29 bits per heavy atom. The highest BCUT2D eigenvalue weighted by atomic mass is 19.4. The predicted molar refractivity (Wildman–Crippen MR) is 151 cm³/mol. The van der Waals surface area contributed by atoms with Gasteiger partial charge in [0.15, 0.2) is 12.6 Å². The van der Waals surface area contributed by atoms with E-state index in [-0.39, 0.29) is 50.2 Å². The number of aliphatic imine (C=N–C) groups is 1. The predicted octanol–water partition coefficient (Wildman–Crippen LogP) is 5.03. The van der Waals surface area contributed by atoms with Gasteiger partial charge in [0.2, 0.25) is 6.41 Å². The largest absolute Gasteiger partial charge is 0.573 e. The minimum Gasteiger partial charge on any atom is -0.473 e. The quantitative estimate of drug-likeness (QED) is 0.130. The molecule has 2 rings (SSSR count). The van der Waals surface area contributed by atoms with Gasteiger partial charge in [-0.15, -0.1) is 13.2 Å². The molecule has 41 heavy (non-hydrogen) atoms. The number of aliphatic hydroxyl groups is 1. The molecule has 2 amide bonds. The normalized spacial score (nSPS) is 11.3. The first-order valence-corrected chi connectivity index (χ1v) is 13.2. The highest BCUT2D eigenvalue weighted by molar-refractivity contribution is 5.93. The molecule has 2 aromatic carbocycles. The number of halogens is 3. The van der Waals surface area contributed by atoms with Crippen molar-refractivity contribution in [2.45, 2.75) is 46.5 Å². The van der Waals surface area contributed by atoms with Gasteiger partial charge in [-0.1, -0.05) is 57.2 Å². The average Bonchev–Trinajstić information content (AvgIpc) is 2.96. The summed E-state index contributed by atoms with van der Waals surface area (Å²) in [7, 11) is 1.54. The minimum atomic E-state index is -4.87. The molecule has 0 bridgehead atoms. The SMILES string of the molecule is C=N/C(=C(/C(=O)N(C)CCCO)N(COc1cccc(OC(F)(F)F)c1)Cc1ccccc1)N(C=O)CCC.CC. The monoisotopic (exact) mass is 580 g/mol. The number of alkyl halides is 3. The van der Waals surface area contributed by atoms with E-state index in [0.29, 0.717) is 19.3 Å². The summed E-state index contributed by atoms with van der Waals surface area (Å²) < 4.78 is 47.9. The number of benzene rings is 2. The molecular weight excluding hydrogens is 541 g/mol. The Morgan fingerprint density at radius 1 is 1.07 bits per heavy atom. The zero-order valence-corrected chi connectivity index (χ0v) is 23.9. The summed E-state index contributed by atoms with van der Waals surface area (Å²) in [5.74, 6) is -0.915. The van der Waals surface area contributed by atoms with Crippen LogP contribution in [-0.2, 0) is 16.1 Å². The molecule has 0 aliphatic rings. The first-order chi connectivity index (χ1) is 19.6. The van der Waals surface area contributed by atoms with Gasteiger partial charge < -0.3 is 24.4 Å². The number of ether oxygens (including phenoxy) is 2. The molecule has 0 atom stereocenters. The number of likely N-dealkylation sites (N-methyl/N-ethyl adjacent to an activating group) is 1. The molecule has 1 N–H and O–H groups in total. The lowest BCUT2D eigenvalue weighted by atomic mass is 10.2. The lowest BCUT2D eigenvalue weighted by Crippen LogP contribution is -2.41. The second-order valence-electron chi connectivity index (χ2n) is 8.41. The Kier molecular flexibility index (Phi) is 15.6. The van der Waals surface area contributed by atoms with E-state index >= 15 is 0 Å². The maximum atomic E-state index is 13.7. The van der Waals surface area contributed by atoms with Gasteiger partial charge in [0, 0.05) is 39.4 Å². The van der Waals surface area contributed by atoms with Gasteiger partial charge in [-0.2, -0.15) is 0 Å². The number of hydrogen-bond donors (Lipinski definition) is 1. The standard InChI is InChI=1S/C27H33F3N4O5.C2H6/c1-4-14-33(19-36)25(31-2)24(26(37)32(3)15-9-16-35)34(18-21-10-6-5-7-11-21)20-38-22-12-8-13-23(17-22)39-27(28,29)30;1-2/h5-8,10-13,17,19,35H,2,4,9,14-16,18,20H2,1,3H3;1-2H3/b25-24+;. The van der Waals surface area contributed by atoms with Crippen molar-refractivity contribution in [2.24, 2.45) is 4.99 Å². The summed E-state index contributed by atoms with van der Waals surface area (Å²) in [5.41, 5.74) is 0.785. The number of rotatable bonds is 16. The molecule has 0 aliphatic heterocycles. The van der Waals surface area contributed by atoms with E-state index in [0.717, 1.165) is 17.7 Å². The third-order valence-electron chi connectivity index (χ3n) is 5.38. The Morgan fingerprint density at radius 2 is 1.73 bits per heavy atom. The van der Waals surface area contributed by atoms with Crippen molar-refractivity contribution < 1.29 is 37.3 Å². The molecule has 0 radical (unpaired) electrons. The third kappa shape index (κ3) is 11.9. The van der Waals surface area contributed by atoms with E-state index in [1.165, 1.54) is 26.8 Å². The van der Waals surface area contributed by atoms with Gasteiger partial charge in [-0.3, -0.25) is 14.5 Å². The summed E-state index contributed by atoms with van der Waals surface area (Å²) in [5, 5.41) is 9.25. The van der Waals surface area contributed by atoms with Crippen LogP contribution in [0.3, 0.4) is 0 Å². The average molecular weight is 581 g/mol. The van der Waals surface area contributed by atoms with Crippen molar-refractivity contribution in [1.29, 1.82) is 0 Å². The number of amides is 2. The number of hydrogen-bond acceptors (Lipinski definition) is 7. The molecule has 0 heterocycles. The van der Waals surface area contributed by atoms with Gasteiger partial charge >= 0.3 is 6.36 Å². The molecule has 2 aromatic rings. The Balaban J connectivity index is 0.00000411. The van der Waals surface area contributed by atoms with Gasteiger partial charge in [-0.05, 0) is 37.3 Å². The second-order valence-corrected chi connectivity index (χ2v) is 8.41. The number of carbonyl (C=O) groups excluding carboxylic acids is 2. The number of nitrogens with zero attached hydrogens (tertiary/aromatic N) is 4. The van der Waals surface area contributed by atoms with Crippen LogP contribution in [0.1, 0.15) is 39.2 Å². The van der Waals surface area contributed by atoms with E-state index in [2.05, 4.69) is 16.4 Å². The van der Waals surface area contributed by atoms with Gasteiger partial charge in [-0.25, -0.2) is 4.99 Å². The van der Waals surface area contributed by atoms with Crippen LogP contribution < -0.4 is 9.47 Å². The first-order valence-electron chi connectivity index (χ1n) is 13.2. The lowest BCUT2D eigenvalue weighted by molar-refractivity contribution is -0.274. The highest BCUT2D eigenvalue weighted by Crippen LogP contribution is 2.27. The zero-order chi connectivity index (χ0) is 30.8. The fraction of sp³-hybridized carbons (Fsp3) is 0.414. The zero-order valence-electron chi connectivity index (χ0n) is 23.9. The third-order valence-corrected chi connectivity index (χ3v) is 5.38. The van der Waals surface area contributed by atoms with E-state index < -0.39 is 18.0 Å². The molecule has 0 saturated heterocycles. The minimum absolute atomic E-state index is 0.00128. The Hall–Kier alpha value is -4.06. The van der Waals surface area contributed by atoms with Crippen molar-refractivity contribution in [3.8, 4) is 11.5 Å². The van der Waals surface area contributed by atoms with Crippen LogP contribution in [-0.4, -0.2) is 78.7 Å². The fourth-order valence-electron chi connectivity index (χ4n) is 3.62. The van der Waals surface area contributed by atoms with Crippen molar-refractivity contribution in [2.75, 3.05) is 33.5 Å². The van der Waals surface area contributed by atoms with Gasteiger partial charge in [0.25, 0.3) is 5.91 Å². The van der Waals surface area contributed by atoms with Crippen LogP contribution in [0.25, 0.3) is 0 Å². The van der Waals surface area contributed by atoms with Crippen LogP contribution in [0.2, 0.25) is 0 Å². The van der Waals surface area contributed by atoms with E-state index in [9.17, 15) is 27.9 Å². The van der Waals surface area contributed by atoms with Gasteiger partial charge in [0.1, 0.15) is 17.2 Å². The summed E-state index contributed by atoms with van der Waals surface area (Å²) >= 11 is 0. The molecule has 0 fully saturated rings. The fourth-order valence-corrected chi connectivity index (χ4v) is 3.62. The highest BCUT2D eigenvalue weighted by Gasteiger charge is 2.31. The molecule has 0 unspecified atom stereocenters. The second kappa shape index (κ2) is 18.3. The Labute approximate surface area is 239 Å². The van der Waals surface area contributed by atoms with E-state index in [1.807, 2.05) is 51.1 Å².